The van der Waals surface area contributed by atoms with Gasteiger partial charge in [-0.05, 0) is 44.4 Å². The van der Waals surface area contributed by atoms with E-state index in [0.717, 1.165) is 45.0 Å². The number of hydrogen-bond donors (Lipinski definition) is 1. The number of hydrogen-bond acceptors (Lipinski definition) is 4. The maximum absolute atomic E-state index is 12.6. The molecule has 4 rings (SSSR count). The van der Waals surface area contributed by atoms with Crippen molar-refractivity contribution in [2.24, 2.45) is 11.8 Å². The summed E-state index contributed by atoms with van der Waals surface area (Å²) >= 11 is 0. The van der Waals surface area contributed by atoms with Gasteiger partial charge < -0.3 is 14.7 Å². The predicted octanol–water partition coefficient (Wildman–Crippen LogP) is 2.13. The lowest BCUT2D eigenvalue weighted by atomic mass is 10.1. The standard InChI is InChI=1S/C16H26N2O2.C2HF3O2/c19-16(17-5-1-2-6-17)13-9-14-15(10-13)20-8-7-18(14)11-12-3-4-12;3-2(4,5)1(6)7/h12-15H,1-11H2;(H,6,7)/t13-,14+,15+;/m0./s1. The van der Waals surface area contributed by atoms with Gasteiger partial charge >= 0.3 is 12.1 Å². The highest BCUT2D eigenvalue weighted by Gasteiger charge is 2.45. The van der Waals surface area contributed by atoms with Crippen LogP contribution in [0.1, 0.15) is 38.5 Å². The van der Waals surface area contributed by atoms with E-state index in [9.17, 15) is 18.0 Å². The van der Waals surface area contributed by atoms with Gasteiger partial charge in [-0.3, -0.25) is 9.69 Å². The van der Waals surface area contributed by atoms with Gasteiger partial charge in [-0.1, -0.05) is 0 Å². The lowest BCUT2D eigenvalue weighted by molar-refractivity contribution is -0.192. The Morgan fingerprint density at radius 2 is 1.70 bits per heavy atom. The first-order chi connectivity index (χ1) is 12.8. The van der Waals surface area contributed by atoms with Gasteiger partial charge in [-0.2, -0.15) is 13.2 Å². The molecule has 1 amide bonds. The Balaban J connectivity index is 0.000000260. The second-order valence-electron chi connectivity index (χ2n) is 7.92. The number of nitrogens with zero attached hydrogens (tertiary/aromatic N) is 2. The van der Waals surface area contributed by atoms with Crippen molar-refractivity contribution in [1.82, 2.24) is 9.80 Å². The first-order valence-electron chi connectivity index (χ1n) is 9.70. The van der Waals surface area contributed by atoms with Gasteiger partial charge in [0.1, 0.15) is 0 Å². The molecular weight excluding hydrogens is 365 g/mol. The van der Waals surface area contributed by atoms with Gasteiger partial charge in [0, 0.05) is 38.1 Å². The van der Waals surface area contributed by atoms with Crippen LogP contribution in [0.2, 0.25) is 0 Å². The van der Waals surface area contributed by atoms with E-state index in [2.05, 4.69) is 9.80 Å². The molecule has 2 aliphatic heterocycles. The Bertz CT molecular complexity index is 547. The maximum Gasteiger partial charge on any atom is 0.490 e. The second-order valence-corrected chi connectivity index (χ2v) is 7.92. The molecule has 9 heteroatoms. The fourth-order valence-corrected chi connectivity index (χ4v) is 4.28. The first kappa shape index (κ1) is 20.4. The van der Waals surface area contributed by atoms with E-state index in [1.165, 1.54) is 32.2 Å². The number of halogens is 3. The Labute approximate surface area is 156 Å². The summed E-state index contributed by atoms with van der Waals surface area (Å²) in [6, 6.07) is 0.515. The van der Waals surface area contributed by atoms with Gasteiger partial charge in [0.2, 0.25) is 5.91 Å². The maximum atomic E-state index is 12.6. The molecule has 0 aromatic carbocycles. The molecule has 2 saturated heterocycles. The van der Waals surface area contributed by atoms with Crippen molar-refractivity contribution >= 4 is 11.9 Å². The molecule has 4 fully saturated rings. The normalized spacial score (nSPS) is 31.2. The molecule has 0 aromatic rings. The average Bonchev–Trinajstić information content (AvgIpc) is 3.11. The minimum atomic E-state index is -5.08. The number of morpholine rings is 1. The summed E-state index contributed by atoms with van der Waals surface area (Å²) in [5.74, 6) is -1.19. The molecule has 3 atom stereocenters. The molecule has 0 bridgehead atoms. The average molecular weight is 392 g/mol. The molecule has 0 radical (unpaired) electrons. The van der Waals surface area contributed by atoms with Crippen LogP contribution in [0.15, 0.2) is 0 Å². The van der Waals surface area contributed by atoms with Crippen LogP contribution in [0.5, 0.6) is 0 Å². The number of carbonyl (C=O) groups is 2. The summed E-state index contributed by atoms with van der Waals surface area (Å²) in [5.41, 5.74) is 0. The third kappa shape index (κ3) is 5.34. The zero-order valence-electron chi connectivity index (χ0n) is 15.3. The molecule has 2 aliphatic carbocycles. The molecule has 2 heterocycles. The van der Waals surface area contributed by atoms with E-state index in [0.29, 0.717) is 18.1 Å². The van der Waals surface area contributed by atoms with Gasteiger partial charge in [0.05, 0.1) is 12.7 Å². The zero-order valence-corrected chi connectivity index (χ0v) is 15.3. The van der Waals surface area contributed by atoms with E-state index < -0.39 is 12.1 Å². The summed E-state index contributed by atoms with van der Waals surface area (Å²) in [7, 11) is 0. The predicted molar refractivity (Wildman–Crippen MR) is 90.1 cm³/mol. The summed E-state index contributed by atoms with van der Waals surface area (Å²) < 4.78 is 37.7. The van der Waals surface area contributed by atoms with E-state index in [1.54, 1.807) is 0 Å². The highest BCUT2D eigenvalue weighted by atomic mass is 19.4. The van der Waals surface area contributed by atoms with Crippen LogP contribution in [0.3, 0.4) is 0 Å². The number of ether oxygens (including phenoxy) is 1. The van der Waals surface area contributed by atoms with Gasteiger partial charge in [0.25, 0.3) is 0 Å². The third-order valence-electron chi connectivity index (χ3n) is 5.85. The zero-order chi connectivity index (χ0) is 19.6. The number of likely N-dealkylation sites (tertiary alicyclic amines) is 1. The van der Waals surface area contributed by atoms with Crippen molar-refractivity contribution in [3.8, 4) is 0 Å². The Morgan fingerprint density at radius 1 is 1.07 bits per heavy atom. The fraction of sp³-hybridized carbons (Fsp3) is 0.889. The van der Waals surface area contributed by atoms with Crippen LogP contribution in [0.25, 0.3) is 0 Å². The summed E-state index contributed by atoms with van der Waals surface area (Å²) in [4.78, 5) is 26.2. The number of amides is 1. The van der Waals surface area contributed by atoms with E-state index in [-0.39, 0.29) is 5.92 Å². The molecule has 0 spiro atoms. The smallest absolute Gasteiger partial charge is 0.475 e. The van der Waals surface area contributed by atoms with Crippen molar-refractivity contribution in [1.29, 1.82) is 0 Å². The van der Waals surface area contributed by atoms with Crippen LogP contribution < -0.4 is 0 Å². The Kier molecular flexibility index (Phi) is 6.30. The van der Waals surface area contributed by atoms with Crippen molar-refractivity contribution in [2.75, 3.05) is 32.8 Å². The van der Waals surface area contributed by atoms with Crippen molar-refractivity contribution in [2.45, 2.75) is 56.8 Å². The monoisotopic (exact) mass is 392 g/mol. The molecule has 1 N–H and O–H groups in total. The van der Waals surface area contributed by atoms with Gasteiger partial charge in [0.15, 0.2) is 0 Å². The number of aliphatic carboxylic acids is 1. The highest BCUT2D eigenvalue weighted by molar-refractivity contribution is 5.79. The minimum Gasteiger partial charge on any atom is -0.475 e. The minimum absolute atomic E-state index is 0.225. The third-order valence-corrected chi connectivity index (χ3v) is 5.85. The molecule has 27 heavy (non-hydrogen) atoms. The second kappa shape index (κ2) is 8.34. The molecule has 6 nitrogen and oxygen atoms in total. The number of carbonyl (C=O) groups excluding carboxylic acids is 1. The Hall–Kier alpha value is -1.35. The lowest BCUT2D eigenvalue weighted by Gasteiger charge is -2.37. The van der Waals surface area contributed by atoms with Gasteiger partial charge in [-0.25, -0.2) is 4.79 Å². The van der Waals surface area contributed by atoms with Crippen molar-refractivity contribution in [3.05, 3.63) is 0 Å². The molecule has 0 unspecified atom stereocenters. The lowest BCUT2D eigenvalue weighted by Crippen LogP contribution is -2.49. The van der Waals surface area contributed by atoms with Crippen LogP contribution in [0, 0.1) is 11.8 Å². The van der Waals surface area contributed by atoms with Gasteiger partial charge in [-0.15, -0.1) is 0 Å². The van der Waals surface area contributed by atoms with E-state index in [4.69, 9.17) is 14.6 Å². The molecule has 0 aromatic heterocycles. The molecule has 4 aliphatic rings. The van der Waals surface area contributed by atoms with Crippen molar-refractivity contribution < 1.29 is 32.6 Å². The van der Waals surface area contributed by atoms with E-state index in [1.807, 2.05) is 0 Å². The number of rotatable bonds is 3. The molecular formula is C18H27F3N2O4. The number of carboxylic acids is 1. The topological polar surface area (TPSA) is 70.1 Å². The summed E-state index contributed by atoms with van der Waals surface area (Å²) in [6.45, 7) is 5.14. The number of fused-ring (bicyclic) bond motifs is 1. The SMILES string of the molecule is O=C(O)C(F)(F)F.O=C([C@H]1C[C@@H]2[C@@H](C1)OCCN2CC1CC1)N1CCCC1. The summed E-state index contributed by atoms with van der Waals surface area (Å²) in [6.07, 6.45) is 2.42. The van der Waals surface area contributed by atoms with Crippen LogP contribution in [-0.2, 0) is 14.3 Å². The van der Waals surface area contributed by atoms with Crippen LogP contribution in [-0.4, -0.2) is 77.9 Å². The largest absolute Gasteiger partial charge is 0.490 e. The van der Waals surface area contributed by atoms with Crippen LogP contribution in [0.4, 0.5) is 13.2 Å². The van der Waals surface area contributed by atoms with E-state index >= 15 is 0 Å². The number of carboxylic acid groups (broad SMARTS) is 1. The highest BCUT2D eigenvalue weighted by Crippen LogP contribution is 2.38. The quantitative estimate of drug-likeness (QED) is 0.797. The molecule has 2 saturated carbocycles. The Morgan fingerprint density at radius 3 is 2.26 bits per heavy atom. The fourth-order valence-electron chi connectivity index (χ4n) is 4.28. The number of alkyl halides is 3. The van der Waals surface area contributed by atoms with Crippen molar-refractivity contribution in [3.63, 3.8) is 0 Å². The summed E-state index contributed by atoms with van der Waals surface area (Å²) in [5, 5.41) is 7.12. The molecule has 154 valence electrons. The first-order valence-corrected chi connectivity index (χ1v) is 9.70. The van der Waals surface area contributed by atoms with Crippen LogP contribution >= 0.6 is 0 Å².